The molecule has 11 bridgehead atoms. The summed E-state index contributed by atoms with van der Waals surface area (Å²) in [5.74, 6) is -6.82. The molecule has 29 nitrogen and oxygen atoms in total. The van der Waals surface area contributed by atoms with E-state index >= 15 is 33.6 Å². The average Bonchev–Trinajstić information content (AvgIpc) is 1.04. The van der Waals surface area contributed by atoms with Gasteiger partial charge in [-0.15, -0.1) is 5.11 Å². The summed E-state index contributed by atoms with van der Waals surface area (Å²) in [6, 6.07) is 32.9. The molecule has 9 atom stereocenters. The van der Waals surface area contributed by atoms with E-state index < -0.39 is 153 Å². The molecule has 6 aliphatic heterocycles. The zero-order valence-electron chi connectivity index (χ0n) is 79.5. The molecule has 1 unspecified atom stereocenters. The van der Waals surface area contributed by atoms with Crippen LogP contribution in [0.3, 0.4) is 0 Å². The van der Waals surface area contributed by atoms with Gasteiger partial charge in [0.1, 0.15) is 76.1 Å². The van der Waals surface area contributed by atoms with Crippen LogP contribution in [-0.4, -0.2) is 160 Å². The van der Waals surface area contributed by atoms with Crippen LogP contribution < -0.4 is 65.1 Å². The minimum absolute atomic E-state index is 0.0126. The summed E-state index contributed by atoms with van der Waals surface area (Å²) < 4.78 is 71.4. The molecule has 14 rings (SSSR count). The molecule has 6 heterocycles. The summed E-state index contributed by atoms with van der Waals surface area (Å²) >= 11 is 15.4. The topological polar surface area (TPSA) is 341 Å². The summed E-state index contributed by atoms with van der Waals surface area (Å²) in [5.41, 5.74) is 2.53. The first-order chi connectivity index (χ1) is 62.9. The van der Waals surface area contributed by atoms with Crippen LogP contribution in [0.25, 0.3) is 11.1 Å². The summed E-state index contributed by atoms with van der Waals surface area (Å²) in [4.78, 5) is 132. The van der Waals surface area contributed by atoms with Crippen molar-refractivity contribution in [2.45, 2.75) is 211 Å². The Labute approximate surface area is 790 Å². The lowest BCUT2D eigenvalue weighted by Crippen LogP contribution is -2.61. The standard InChI is InChI=1S/C100H124Cl2N10O19Si2/c1-57(2)45-75(111(12)97(120)129-98(3,4)5)94(117)108-89-91(131-133(20,21)100(9,10)11)63-35-42-79(72(102)48-63)128-82-50-64-49-81(88(82)109-110-112-43-25-26-44-112)127-78-41-34-62(47-71(78)101)90(130-132(18,19)99(6,7)8)70-53-76(113)86(61-33-40-77(124-16)69(46-61)84-68(51-67(123-15)52-80(84)125-17)74(104-92(70)115)56-126-55-58-27-23-22-24-28-58)106-95(118)87(64)107-93(116)73(103-96(89)119)54-83(114)105-85(59-29-36-65(121-13)37-30-59)60-31-38-66(122-14)39-32-60/h22-24,27-42,46-52,57,70,73-75,85-87,89-91H,25-26,43-45,53-56H2,1-21H3,(H,103,119)(H,104,115)(H,105,114)(H,106,118)(H,107,116)(H,108,117)/t70-,73-,74+,75?,86+,87+,89+,90-,91+/m0/s1. The quantitative estimate of drug-likeness (QED) is 0.0229. The molecule has 6 N–H and O–H groups in total. The van der Waals surface area contributed by atoms with Gasteiger partial charge in [-0.3, -0.25) is 43.5 Å². The van der Waals surface area contributed by atoms with Gasteiger partial charge in [0.25, 0.3) is 0 Å². The number of halogens is 2. The predicted molar refractivity (Wildman–Crippen MR) is 512 cm³/mol. The van der Waals surface area contributed by atoms with Crippen molar-refractivity contribution in [2.75, 3.05) is 62.3 Å². The fourth-order valence-electron chi connectivity index (χ4n) is 15.8. The van der Waals surface area contributed by atoms with E-state index in [-0.39, 0.29) is 92.5 Å². The van der Waals surface area contributed by atoms with Gasteiger partial charge in [0.05, 0.1) is 95.4 Å². The highest BCUT2D eigenvalue weighted by molar-refractivity contribution is 6.74. The van der Waals surface area contributed by atoms with Gasteiger partial charge in [-0.05, 0) is 206 Å². The van der Waals surface area contributed by atoms with E-state index in [1.54, 1.807) is 129 Å². The minimum Gasteiger partial charge on any atom is -0.497 e. The van der Waals surface area contributed by atoms with E-state index in [4.69, 9.17) is 85.0 Å². The zero-order valence-corrected chi connectivity index (χ0v) is 83.0. The second-order valence-corrected chi connectivity index (χ2v) is 48.7. The van der Waals surface area contributed by atoms with Crippen molar-refractivity contribution in [3.8, 4) is 62.9 Å². The van der Waals surface area contributed by atoms with E-state index in [0.29, 0.717) is 63.7 Å². The Morgan fingerprint density at radius 3 is 1.65 bits per heavy atom. The number of methoxy groups -OCH3 is 5. The third-order valence-corrected chi connectivity index (χ3v) is 34.7. The van der Waals surface area contributed by atoms with Crippen LogP contribution in [0.5, 0.6) is 51.7 Å². The van der Waals surface area contributed by atoms with Crippen LogP contribution in [0.1, 0.15) is 189 Å². The van der Waals surface area contributed by atoms with Gasteiger partial charge >= 0.3 is 6.09 Å². The number of nitrogens with one attached hydrogen (secondary N) is 6. The number of fused-ring (bicyclic) bond motifs is 15. The lowest BCUT2D eigenvalue weighted by Gasteiger charge is -2.42. The van der Waals surface area contributed by atoms with Crippen LogP contribution in [0.15, 0.2) is 168 Å². The molecular weight excluding hydrogens is 1770 g/mol. The lowest BCUT2D eigenvalue weighted by atomic mass is 9.84. The maximum atomic E-state index is 17.3. The Bertz CT molecular complexity index is 5560. The predicted octanol–water partition coefficient (Wildman–Crippen LogP) is 19.1. The average molecular weight is 1900 g/mol. The Hall–Kier alpha value is -11.6. The second kappa shape index (κ2) is 42.3. The molecule has 0 aliphatic carbocycles. The van der Waals surface area contributed by atoms with E-state index in [2.05, 4.69) is 31.9 Å². The molecule has 33 heteroatoms. The number of hydrogen-bond acceptors (Lipinski definition) is 21. The number of ether oxygens (including phenoxy) is 9. The summed E-state index contributed by atoms with van der Waals surface area (Å²) in [7, 11) is 2.53. The van der Waals surface area contributed by atoms with E-state index in [1.165, 1.54) is 66.9 Å². The maximum absolute atomic E-state index is 17.3. The van der Waals surface area contributed by atoms with Gasteiger partial charge in [-0.2, -0.15) is 0 Å². The first-order valence-electron chi connectivity index (χ1n) is 44.7. The van der Waals surface area contributed by atoms with Crippen molar-refractivity contribution in [2.24, 2.45) is 22.2 Å². The van der Waals surface area contributed by atoms with Crippen LogP contribution in [0, 0.1) is 11.8 Å². The molecule has 0 aromatic heterocycles. The second-order valence-electron chi connectivity index (χ2n) is 38.4. The molecule has 1 saturated heterocycles. The Kier molecular flexibility index (Phi) is 32.0. The highest BCUT2D eigenvalue weighted by atomic mass is 35.5. The highest BCUT2D eigenvalue weighted by Crippen LogP contribution is 2.52. The molecular formula is C100H124Cl2N10O19Si2. The molecule has 8 aromatic rings. The minimum atomic E-state index is -3.24. The van der Waals surface area contributed by atoms with Crippen LogP contribution in [-0.2, 0) is 58.5 Å². The Morgan fingerprint density at radius 1 is 0.571 bits per heavy atom. The number of hydrogen-bond donors (Lipinski definition) is 6. The molecule has 6 aliphatic rings. The van der Waals surface area contributed by atoms with E-state index in [1.807, 2.05) is 112 Å². The van der Waals surface area contributed by atoms with Crippen molar-refractivity contribution in [3.05, 3.63) is 212 Å². The maximum Gasteiger partial charge on any atom is 0.410 e. The number of carbonyl (C=O) groups is 8. The van der Waals surface area contributed by atoms with Gasteiger partial charge in [0.15, 0.2) is 39.6 Å². The van der Waals surface area contributed by atoms with Crippen LogP contribution >= 0.6 is 23.2 Å². The molecule has 1 fully saturated rings. The van der Waals surface area contributed by atoms with Crippen molar-refractivity contribution >= 4 is 92.8 Å². The van der Waals surface area contributed by atoms with Crippen molar-refractivity contribution in [1.29, 1.82) is 0 Å². The van der Waals surface area contributed by atoms with Crippen molar-refractivity contribution in [1.82, 2.24) is 41.8 Å². The zero-order chi connectivity index (χ0) is 96.5. The lowest BCUT2D eigenvalue weighted by molar-refractivity contribution is -0.138. The van der Waals surface area contributed by atoms with E-state index in [0.717, 1.165) is 23.3 Å². The third kappa shape index (κ3) is 24.1. The molecule has 7 amide bonds. The summed E-state index contributed by atoms with van der Waals surface area (Å²) in [6.45, 7) is 29.8. The molecule has 0 radical (unpaired) electrons. The first kappa shape index (κ1) is 100. The number of benzene rings is 8. The van der Waals surface area contributed by atoms with Gasteiger partial charge in [-0.1, -0.05) is 157 Å². The Balaban J connectivity index is 1.14. The smallest absolute Gasteiger partial charge is 0.410 e. The van der Waals surface area contributed by atoms with Crippen molar-refractivity contribution in [3.63, 3.8) is 0 Å². The van der Waals surface area contributed by atoms with E-state index in [9.17, 15) is 4.79 Å². The number of ketones is 1. The Morgan fingerprint density at radius 2 is 1.11 bits per heavy atom. The summed E-state index contributed by atoms with van der Waals surface area (Å²) in [5, 5.41) is 28.6. The number of carbonyl (C=O) groups excluding carboxylic acids is 8. The van der Waals surface area contributed by atoms with Gasteiger partial charge in [-0.25, -0.2) is 4.79 Å². The number of Topliss-reactive ketones (excluding diaryl/α,β-unsaturated/α-hetero) is 1. The number of amides is 7. The SMILES string of the molecule is COc1ccc(C(NC(=O)C[C@@H]2NC(=O)[C@H](NC(=O)C(CC(C)C)N(C)C(=O)OC(C)(C)C)[C@H](O[Si](C)(C)C(C)(C)C)c3ccc(c(Cl)c3)Oc3cc4cc(c3N=NN3CCCC3)Oc3ccc(cc3Cl)[C@H](O[Si](C)(C)C(C)(C)C)[C@@H]3CC(=O)[C@H](NC(=O)[C@@H]4NC2=O)c2ccc(OC)c(c2)-c2c(OC)cc(OC)cc2[C@@H](COCc2ccccc2)NC3=O)c2ccc(OC)cc2)cc1. The molecule has 0 saturated carbocycles. The largest absolute Gasteiger partial charge is 0.497 e. The normalized spacial score (nSPS) is 19.4. The fraction of sp³-hybridized carbons (Fsp3) is 0.440. The number of likely N-dealkylation sites (N-methyl/N-ethyl adjacent to an activating group) is 1. The van der Waals surface area contributed by atoms with Gasteiger partial charge in [0, 0.05) is 43.8 Å². The molecule has 8 aromatic carbocycles. The molecule has 710 valence electrons. The highest BCUT2D eigenvalue weighted by Gasteiger charge is 2.49. The molecule has 133 heavy (non-hydrogen) atoms. The first-order valence-corrected chi connectivity index (χ1v) is 51.2. The monoisotopic (exact) mass is 1890 g/mol. The number of nitrogens with zero attached hydrogens (tertiary/aromatic N) is 4. The van der Waals surface area contributed by atoms with Crippen molar-refractivity contribution < 1.29 is 89.8 Å². The van der Waals surface area contributed by atoms with Crippen LogP contribution in [0.4, 0.5) is 10.5 Å². The number of rotatable bonds is 25. The fourth-order valence-corrected chi connectivity index (χ4v) is 18.8. The third-order valence-electron chi connectivity index (χ3n) is 25.2. The van der Waals surface area contributed by atoms with Crippen LogP contribution in [0.2, 0.25) is 46.3 Å². The van der Waals surface area contributed by atoms with Gasteiger partial charge < -0.3 is 83.4 Å². The summed E-state index contributed by atoms with van der Waals surface area (Å²) in [6.07, 6.45) is -3.64. The van der Waals surface area contributed by atoms with Gasteiger partial charge in [0.2, 0.25) is 35.4 Å². The molecule has 0 spiro atoms.